The normalized spacial score (nSPS) is 26.2. The van der Waals surface area contributed by atoms with E-state index >= 15 is 0 Å². The van der Waals surface area contributed by atoms with Gasteiger partial charge in [0.25, 0.3) is 0 Å². The molecule has 1 spiro atoms. The molecule has 12 fully saturated rings. The lowest BCUT2D eigenvalue weighted by molar-refractivity contribution is -0.150. The summed E-state index contributed by atoms with van der Waals surface area (Å²) >= 11 is 12.4. The maximum absolute atomic E-state index is 13.1. The molecular weight excluding hydrogens is 1740 g/mol. The topological polar surface area (TPSA) is 144 Å². The lowest BCUT2D eigenvalue weighted by Gasteiger charge is -2.43. The van der Waals surface area contributed by atoms with Crippen LogP contribution >= 0.6 is 60.4 Å². The molecule has 0 radical (unpaired) electrons. The fraction of sp³-hybridized carbons (Fsp3) is 0.663. The van der Waals surface area contributed by atoms with Crippen LogP contribution in [-0.4, -0.2) is 251 Å². The number of likely N-dealkylation sites (tertiary alicyclic amines) is 3. The number of morpholine rings is 1. The van der Waals surface area contributed by atoms with Crippen molar-refractivity contribution in [3.8, 4) is 0 Å². The average Bonchev–Trinajstić information content (AvgIpc) is 1.63. The van der Waals surface area contributed by atoms with Crippen molar-refractivity contribution in [3.05, 3.63) is 165 Å². The number of Topliss-reactive ketones (excluding diaryl/α,β-unsaturated/α-hetero) is 2. The number of piperazine rings is 1. The number of nitrogens with zero attached hydrogens (tertiary/aromatic N) is 6. The number of alkyl halides is 3. The van der Waals surface area contributed by atoms with E-state index < -0.39 is 11.7 Å². The molecular formula is C104H148Cl5F3N6O11. The molecule has 129 heavy (non-hydrogen) atoms. The molecule has 17 nitrogen and oxygen atoms in total. The molecule has 0 N–H and O–H groups in total. The Hall–Kier alpha value is -4.63. The van der Waals surface area contributed by atoms with Crippen molar-refractivity contribution in [2.24, 2.45) is 5.92 Å². The molecule has 25 heteroatoms. The number of ketones is 2. The maximum atomic E-state index is 13.1. The summed E-state index contributed by atoms with van der Waals surface area (Å²) in [6, 6.07) is 44.1. The van der Waals surface area contributed by atoms with Crippen LogP contribution in [0.25, 0.3) is 21.5 Å². The summed E-state index contributed by atoms with van der Waals surface area (Å²) in [7, 11) is 0. The first kappa shape index (κ1) is 105. The maximum Gasteiger partial charge on any atom is 0.416 e. The molecule has 716 valence electrons. The first-order chi connectivity index (χ1) is 61.6. The SMILES string of the molecule is CC(=O)N1CCN(C2CCCC[C@@H]2OCCc2ccc3ccccc3c2)CC1.Cl.Cl.Cl.FC(F)(F)c1ccccc1CCO[C@H]1CCCC[C@H]1N1CCOCC1.O=C1CCN(C2CCCC[C@@H]2OCCc2c(Cl)cccc2Cl)C1.O=C1CCN([C@@H]2CCCC[C@@H]2OCCCC2CCCCC2)C1.c1ccc2c(CCO[C@H]3CCCCC3N3CCC4(C3)OCCO4)cccc2c1. The van der Waals surface area contributed by atoms with Crippen molar-refractivity contribution in [1.29, 1.82) is 0 Å². The van der Waals surface area contributed by atoms with Gasteiger partial charge in [-0.2, -0.15) is 13.2 Å². The number of halogens is 8. The van der Waals surface area contributed by atoms with Gasteiger partial charge in [-0.05, 0) is 171 Å². The molecule has 6 aromatic rings. The second-order valence-electron chi connectivity index (χ2n) is 37.7. The first-order valence-corrected chi connectivity index (χ1v) is 49.8. The lowest BCUT2D eigenvalue weighted by atomic mass is 9.86. The van der Waals surface area contributed by atoms with E-state index in [1.807, 2.05) is 23.1 Å². The highest BCUT2D eigenvalue weighted by molar-refractivity contribution is 6.36. The smallest absolute Gasteiger partial charge is 0.379 e. The summed E-state index contributed by atoms with van der Waals surface area (Å²) in [6.07, 6.45) is 36.3. The van der Waals surface area contributed by atoms with Gasteiger partial charge in [-0.3, -0.25) is 38.9 Å². The fourth-order valence-electron chi connectivity index (χ4n) is 22.4. The highest BCUT2D eigenvalue weighted by Crippen LogP contribution is 2.39. The van der Waals surface area contributed by atoms with Gasteiger partial charge in [-0.25, -0.2) is 0 Å². The number of hydrogen-bond acceptors (Lipinski definition) is 16. The third-order valence-electron chi connectivity index (χ3n) is 29.3. The van der Waals surface area contributed by atoms with E-state index in [0.29, 0.717) is 115 Å². The summed E-state index contributed by atoms with van der Waals surface area (Å²) in [5.41, 5.74) is 3.46. The Balaban J connectivity index is 0.000000156. The molecule has 10 atom stereocenters. The first-order valence-electron chi connectivity index (χ1n) is 49.0. The van der Waals surface area contributed by atoms with Gasteiger partial charge in [0.05, 0.1) is 109 Å². The Morgan fingerprint density at radius 3 is 1.41 bits per heavy atom. The van der Waals surface area contributed by atoms with Gasteiger partial charge < -0.3 is 42.8 Å². The van der Waals surface area contributed by atoms with Crippen LogP contribution < -0.4 is 0 Å². The molecule has 6 saturated carbocycles. The Labute approximate surface area is 796 Å². The van der Waals surface area contributed by atoms with Crippen LogP contribution in [0.3, 0.4) is 0 Å². The van der Waals surface area contributed by atoms with Crippen LogP contribution in [-0.2, 0) is 84.1 Å². The highest BCUT2D eigenvalue weighted by Gasteiger charge is 2.47. The van der Waals surface area contributed by atoms with E-state index in [0.717, 1.165) is 200 Å². The molecule has 0 aromatic heterocycles. The number of benzene rings is 6. The minimum atomic E-state index is -4.31. The van der Waals surface area contributed by atoms with Crippen LogP contribution in [0.4, 0.5) is 13.2 Å². The number of amides is 1. The highest BCUT2D eigenvalue weighted by atomic mass is 35.5. The summed E-state index contributed by atoms with van der Waals surface area (Å²) in [5.74, 6) is 1.62. The van der Waals surface area contributed by atoms with Gasteiger partial charge in [-0.15, -0.1) is 37.2 Å². The number of ether oxygens (including phenoxy) is 8. The lowest BCUT2D eigenvalue weighted by Crippen LogP contribution is -2.55. The second kappa shape index (κ2) is 54.3. The van der Waals surface area contributed by atoms with E-state index in [1.54, 1.807) is 19.1 Å². The fourth-order valence-corrected chi connectivity index (χ4v) is 23.0. The molecule has 6 saturated heterocycles. The quantitative estimate of drug-likeness (QED) is 0.0474. The van der Waals surface area contributed by atoms with Gasteiger partial charge in [0.15, 0.2) is 5.79 Å². The van der Waals surface area contributed by atoms with E-state index in [2.05, 4.69) is 109 Å². The van der Waals surface area contributed by atoms with Crippen molar-refractivity contribution >= 4 is 99.4 Å². The zero-order valence-corrected chi connectivity index (χ0v) is 80.6. The standard InChI is InChI=1S/C24H32N2O2.C24H31NO3.C19H26F3NO2.C19H33NO2.C18H23Cl2NO2.3ClH/c1-19(27)25-13-15-26(16-14-25)23-8-4-5-9-24(23)28-17-12-20-10-11-21-6-2-3-7-22(21)18-20;1-2-9-21-19(6-1)7-5-8-20(21)12-15-26-23-11-4-3-10-22(23)25-14-13-24(18-25)27-16-17-28-24;20-19(21,22)16-6-2-1-5-15(16)9-12-25-18-8-4-3-7-17(18)23-10-13-24-14-11-23;21-17-12-13-20(15-17)18-10-4-5-11-19(18)22-14-6-9-16-7-2-1-3-8-16;19-15-4-3-5-16(20)14(15)9-11-23-18-7-2-1-6-17(18)21-10-8-13(22)12-21;;;/h2-3,6-7,10-11,18,23-24H,4-5,8-9,12-17H2,1H3;1-2,5-9,22-23H,3-4,10-18H2;1-2,5-6,17-18H,3-4,7-14H2;16,18-19H,1-15H2;3-5,17-18H,1-2,6-12H2;3*1H/t23?,24-;22?,23-;17-,18+;18-,19+;17?,18-;;;/m00110.../s1. The van der Waals surface area contributed by atoms with Gasteiger partial charge in [0.2, 0.25) is 5.91 Å². The van der Waals surface area contributed by atoms with Crippen LogP contribution in [0, 0.1) is 5.92 Å². The van der Waals surface area contributed by atoms with Crippen molar-refractivity contribution < 1.29 is 65.4 Å². The van der Waals surface area contributed by atoms with E-state index in [-0.39, 0.29) is 61.1 Å². The summed E-state index contributed by atoms with van der Waals surface area (Å²) in [4.78, 5) is 49.0. The molecule has 6 aromatic carbocycles. The van der Waals surface area contributed by atoms with Crippen LogP contribution in [0.5, 0.6) is 0 Å². The molecule has 3 unspecified atom stereocenters. The predicted octanol–water partition coefficient (Wildman–Crippen LogP) is 21.3. The monoisotopic (exact) mass is 1890 g/mol. The predicted molar refractivity (Wildman–Crippen MR) is 518 cm³/mol. The van der Waals surface area contributed by atoms with Gasteiger partial charge >= 0.3 is 6.18 Å². The molecule has 1 amide bonds. The van der Waals surface area contributed by atoms with Crippen molar-refractivity contribution in [2.75, 3.05) is 138 Å². The molecule has 12 aliphatic rings. The number of carbonyl (C=O) groups is 3. The number of hydrogen-bond donors (Lipinski definition) is 0. The number of fused-ring (bicyclic) bond motifs is 2. The minimum Gasteiger partial charge on any atom is -0.379 e. The van der Waals surface area contributed by atoms with Crippen molar-refractivity contribution in [2.45, 2.75) is 298 Å². The van der Waals surface area contributed by atoms with Crippen LogP contribution in [0.2, 0.25) is 10.0 Å². The molecule has 6 aliphatic carbocycles. The second-order valence-corrected chi connectivity index (χ2v) is 38.5. The van der Waals surface area contributed by atoms with Gasteiger partial charge in [0, 0.05) is 132 Å². The minimum absolute atomic E-state index is 0. The number of carbonyl (C=O) groups excluding carboxylic acids is 3. The summed E-state index contributed by atoms with van der Waals surface area (Å²) in [6.45, 7) is 18.7. The van der Waals surface area contributed by atoms with Crippen LogP contribution in [0.1, 0.15) is 227 Å². The molecule has 6 heterocycles. The molecule has 6 aliphatic heterocycles. The van der Waals surface area contributed by atoms with Gasteiger partial charge in [-0.1, -0.05) is 229 Å². The third-order valence-corrected chi connectivity index (χ3v) is 30.1. The molecule has 0 bridgehead atoms. The Kier molecular flexibility index (Phi) is 44.2. The zero-order chi connectivity index (χ0) is 87.3. The summed E-state index contributed by atoms with van der Waals surface area (Å²) < 4.78 is 88.0. The zero-order valence-electron chi connectivity index (χ0n) is 76.7. The van der Waals surface area contributed by atoms with E-state index in [1.165, 1.54) is 174 Å². The number of rotatable bonds is 26. The summed E-state index contributed by atoms with van der Waals surface area (Å²) in [5, 5.41) is 6.67. The average molecular weight is 1890 g/mol. The van der Waals surface area contributed by atoms with Crippen LogP contribution in [0.15, 0.2) is 127 Å². The molecule has 18 rings (SSSR count). The van der Waals surface area contributed by atoms with E-state index in [4.69, 9.17) is 61.1 Å². The van der Waals surface area contributed by atoms with E-state index in [9.17, 15) is 27.6 Å². The van der Waals surface area contributed by atoms with Crippen molar-refractivity contribution in [3.63, 3.8) is 0 Å². The largest absolute Gasteiger partial charge is 0.416 e. The van der Waals surface area contributed by atoms with Crippen molar-refractivity contribution in [1.82, 2.24) is 29.4 Å². The van der Waals surface area contributed by atoms with Gasteiger partial charge in [0.1, 0.15) is 11.6 Å². The Morgan fingerprint density at radius 1 is 0.426 bits per heavy atom. The third kappa shape index (κ3) is 31.2. The Bertz CT molecular complexity index is 4280. The Morgan fingerprint density at radius 2 is 0.868 bits per heavy atom.